The highest BCUT2D eigenvalue weighted by Gasteiger charge is 2.24. The minimum atomic E-state index is -0.329. The average molecular weight is 261 g/mol. The molecule has 1 aliphatic rings. The number of aliphatic hydroxyl groups excluding tert-OH is 1. The molecule has 0 aliphatic carbocycles. The molecule has 1 aromatic carbocycles. The molecule has 2 nitrogen and oxygen atoms in total. The Balaban J connectivity index is 1.86. The Morgan fingerprint density at radius 2 is 1.95 bits per heavy atom. The SMILES string of the molecule is Cc1ccc(C(O)CCN2CCCC(C)C2C)cc1. The summed E-state index contributed by atoms with van der Waals surface area (Å²) in [6.07, 6.45) is 3.15. The van der Waals surface area contributed by atoms with Gasteiger partial charge in [0.15, 0.2) is 0 Å². The molecule has 1 N–H and O–H groups in total. The number of likely N-dealkylation sites (tertiary alicyclic amines) is 1. The van der Waals surface area contributed by atoms with Crippen LogP contribution in [0.15, 0.2) is 24.3 Å². The highest BCUT2D eigenvalue weighted by atomic mass is 16.3. The first-order chi connectivity index (χ1) is 9.08. The normalized spacial score (nSPS) is 26.3. The summed E-state index contributed by atoms with van der Waals surface area (Å²) >= 11 is 0. The Labute approximate surface area is 117 Å². The fourth-order valence-electron chi connectivity index (χ4n) is 2.98. The number of hydrogen-bond donors (Lipinski definition) is 1. The lowest BCUT2D eigenvalue weighted by Crippen LogP contribution is -2.43. The van der Waals surface area contributed by atoms with Gasteiger partial charge in [-0.25, -0.2) is 0 Å². The molecule has 2 heteroatoms. The predicted molar refractivity (Wildman–Crippen MR) is 80.2 cm³/mol. The van der Waals surface area contributed by atoms with Gasteiger partial charge in [-0.3, -0.25) is 0 Å². The van der Waals surface area contributed by atoms with E-state index in [2.05, 4.69) is 37.8 Å². The largest absolute Gasteiger partial charge is 0.388 e. The molecule has 1 heterocycles. The second-order valence-corrected chi connectivity index (χ2v) is 6.11. The van der Waals surface area contributed by atoms with Gasteiger partial charge in [-0.1, -0.05) is 36.8 Å². The van der Waals surface area contributed by atoms with Crippen molar-refractivity contribution in [3.63, 3.8) is 0 Å². The van der Waals surface area contributed by atoms with Crippen molar-refractivity contribution in [2.45, 2.75) is 52.2 Å². The fraction of sp³-hybridized carbons (Fsp3) is 0.647. The summed E-state index contributed by atoms with van der Waals surface area (Å²) in [7, 11) is 0. The van der Waals surface area contributed by atoms with Gasteiger partial charge in [0.2, 0.25) is 0 Å². The van der Waals surface area contributed by atoms with Gasteiger partial charge in [-0.2, -0.15) is 0 Å². The molecule has 3 atom stereocenters. The topological polar surface area (TPSA) is 23.5 Å². The molecule has 3 unspecified atom stereocenters. The van der Waals surface area contributed by atoms with E-state index in [1.165, 1.54) is 24.9 Å². The zero-order valence-corrected chi connectivity index (χ0v) is 12.5. The zero-order valence-electron chi connectivity index (χ0n) is 12.5. The summed E-state index contributed by atoms with van der Waals surface area (Å²) in [6, 6.07) is 8.89. The van der Waals surface area contributed by atoms with E-state index in [1.54, 1.807) is 0 Å². The second kappa shape index (κ2) is 6.53. The molecule has 0 spiro atoms. The molecular formula is C17H27NO. The number of hydrogen-bond acceptors (Lipinski definition) is 2. The summed E-state index contributed by atoms with van der Waals surface area (Å²) in [5.41, 5.74) is 2.29. The third kappa shape index (κ3) is 3.80. The van der Waals surface area contributed by atoms with Crippen molar-refractivity contribution in [2.24, 2.45) is 5.92 Å². The fourth-order valence-corrected chi connectivity index (χ4v) is 2.98. The minimum Gasteiger partial charge on any atom is -0.388 e. The first-order valence-corrected chi connectivity index (χ1v) is 7.56. The highest BCUT2D eigenvalue weighted by Crippen LogP contribution is 2.25. The number of nitrogens with zero attached hydrogens (tertiary/aromatic N) is 1. The Morgan fingerprint density at radius 1 is 1.26 bits per heavy atom. The molecule has 2 rings (SSSR count). The summed E-state index contributed by atoms with van der Waals surface area (Å²) in [6.45, 7) is 8.93. The van der Waals surface area contributed by atoms with Crippen LogP contribution >= 0.6 is 0 Å². The first-order valence-electron chi connectivity index (χ1n) is 7.56. The maximum atomic E-state index is 10.3. The molecule has 1 saturated heterocycles. The third-order valence-corrected chi connectivity index (χ3v) is 4.66. The smallest absolute Gasteiger partial charge is 0.0802 e. The Bertz CT molecular complexity index is 387. The molecule has 1 fully saturated rings. The molecule has 19 heavy (non-hydrogen) atoms. The summed E-state index contributed by atoms with van der Waals surface area (Å²) < 4.78 is 0. The molecule has 0 amide bonds. The molecule has 1 aromatic rings. The Kier molecular flexibility index (Phi) is 5.00. The van der Waals surface area contributed by atoms with E-state index < -0.39 is 0 Å². The van der Waals surface area contributed by atoms with Gasteiger partial charge in [0.25, 0.3) is 0 Å². The second-order valence-electron chi connectivity index (χ2n) is 6.11. The molecule has 0 aromatic heterocycles. The number of benzene rings is 1. The quantitative estimate of drug-likeness (QED) is 0.896. The predicted octanol–water partition coefficient (Wildman–Crippen LogP) is 3.54. The Hall–Kier alpha value is -0.860. The van der Waals surface area contributed by atoms with Crippen LogP contribution in [0.4, 0.5) is 0 Å². The van der Waals surface area contributed by atoms with Crippen LogP contribution in [0, 0.1) is 12.8 Å². The minimum absolute atomic E-state index is 0.329. The standard InChI is InChI=1S/C17H27NO/c1-13-6-8-16(9-7-13)17(19)10-12-18-11-4-5-14(2)15(18)3/h6-9,14-15,17,19H,4-5,10-12H2,1-3H3. The first kappa shape index (κ1) is 14.5. The van der Waals surface area contributed by atoms with Crippen LogP contribution in [0.2, 0.25) is 0 Å². The van der Waals surface area contributed by atoms with Gasteiger partial charge in [0.1, 0.15) is 0 Å². The average Bonchev–Trinajstić information content (AvgIpc) is 2.41. The lowest BCUT2D eigenvalue weighted by molar-refractivity contribution is 0.0840. The molecule has 0 radical (unpaired) electrons. The van der Waals surface area contributed by atoms with E-state index in [9.17, 15) is 5.11 Å². The van der Waals surface area contributed by atoms with Gasteiger partial charge in [-0.05, 0) is 51.1 Å². The highest BCUT2D eigenvalue weighted by molar-refractivity contribution is 5.23. The summed E-state index contributed by atoms with van der Waals surface area (Å²) in [5.74, 6) is 0.783. The van der Waals surface area contributed by atoms with E-state index in [-0.39, 0.29) is 6.10 Å². The van der Waals surface area contributed by atoms with Gasteiger partial charge in [0, 0.05) is 12.6 Å². The lowest BCUT2D eigenvalue weighted by atomic mass is 9.91. The van der Waals surface area contributed by atoms with Gasteiger partial charge < -0.3 is 10.0 Å². The van der Waals surface area contributed by atoms with Crippen LogP contribution in [-0.2, 0) is 0 Å². The van der Waals surface area contributed by atoms with Crippen LogP contribution in [0.5, 0.6) is 0 Å². The van der Waals surface area contributed by atoms with Gasteiger partial charge in [-0.15, -0.1) is 0 Å². The number of rotatable bonds is 4. The summed E-state index contributed by atoms with van der Waals surface area (Å²) in [5, 5.41) is 10.3. The van der Waals surface area contributed by atoms with Crippen molar-refractivity contribution in [1.82, 2.24) is 4.90 Å². The molecule has 0 saturated carbocycles. The number of piperidine rings is 1. The van der Waals surface area contributed by atoms with E-state index in [4.69, 9.17) is 0 Å². The molecule has 0 bridgehead atoms. The number of aliphatic hydroxyl groups is 1. The molecule has 106 valence electrons. The maximum Gasteiger partial charge on any atom is 0.0802 e. The lowest BCUT2D eigenvalue weighted by Gasteiger charge is -2.38. The van der Waals surface area contributed by atoms with Gasteiger partial charge in [0.05, 0.1) is 6.10 Å². The van der Waals surface area contributed by atoms with E-state index in [1.807, 2.05) is 12.1 Å². The van der Waals surface area contributed by atoms with Crippen LogP contribution in [0.3, 0.4) is 0 Å². The van der Waals surface area contributed by atoms with Gasteiger partial charge >= 0.3 is 0 Å². The summed E-state index contributed by atoms with van der Waals surface area (Å²) in [4.78, 5) is 2.53. The third-order valence-electron chi connectivity index (χ3n) is 4.66. The van der Waals surface area contributed by atoms with Crippen molar-refractivity contribution in [3.8, 4) is 0 Å². The van der Waals surface area contributed by atoms with E-state index in [0.29, 0.717) is 6.04 Å². The van der Waals surface area contributed by atoms with Crippen molar-refractivity contribution in [1.29, 1.82) is 0 Å². The van der Waals surface area contributed by atoms with Crippen LogP contribution in [0.1, 0.15) is 50.3 Å². The Morgan fingerprint density at radius 3 is 2.63 bits per heavy atom. The van der Waals surface area contributed by atoms with E-state index >= 15 is 0 Å². The van der Waals surface area contributed by atoms with E-state index in [0.717, 1.165) is 24.4 Å². The molecular weight excluding hydrogens is 234 g/mol. The van der Waals surface area contributed by atoms with Crippen molar-refractivity contribution in [3.05, 3.63) is 35.4 Å². The van der Waals surface area contributed by atoms with Crippen LogP contribution < -0.4 is 0 Å². The maximum absolute atomic E-state index is 10.3. The van der Waals surface area contributed by atoms with Crippen molar-refractivity contribution < 1.29 is 5.11 Å². The monoisotopic (exact) mass is 261 g/mol. The van der Waals surface area contributed by atoms with Crippen LogP contribution in [-0.4, -0.2) is 29.1 Å². The van der Waals surface area contributed by atoms with Crippen molar-refractivity contribution >= 4 is 0 Å². The van der Waals surface area contributed by atoms with Crippen LogP contribution in [0.25, 0.3) is 0 Å². The number of aryl methyl sites for hydroxylation is 1. The van der Waals surface area contributed by atoms with Crippen molar-refractivity contribution in [2.75, 3.05) is 13.1 Å². The zero-order chi connectivity index (χ0) is 13.8. The molecule has 1 aliphatic heterocycles.